The molecular weight excluding hydrogens is 389 g/mol. The third kappa shape index (κ3) is 7.66. The van der Waals surface area contributed by atoms with Crippen molar-refractivity contribution in [2.75, 3.05) is 25.1 Å². The van der Waals surface area contributed by atoms with Crippen molar-refractivity contribution in [3.8, 4) is 0 Å². The van der Waals surface area contributed by atoms with Gasteiger partial charge >= 0.3 is 0 Å². The van der Waals surface area contributed by atoms with Gasteiger partial charge in [0.1, 0.15) is 0 Å². The Morgan fingerprint density at radius 2 is 1.85 bits per heavy atom. The van der Waals surface area contributed by atoms with E-state index in [0.717, 1.165) is 18.8 Å². The van der Waals surface area contributed by atoms with Crippen molar-refractivity contribution < 1.29 is 8.42 Å². The highest BCUT2D eigenvalue weighted by Gasteiger charge is 2.18. The Labute approximate surface area is 140 Å². The Bertz CT molecular complexity index is 390. The molecule has 1 aliphatic carbocycles. The van der Waals surface area contributed by atoms with Crippen molar-refractivity contribution in [1.29, 1.82) is 0 Å². The highest BCUT2D eigenvalue weighted by atomic mass is 127. The van der Waals surface area contributed by atoms with Crippen LogP contribution in [0.25, 0.3) is 0 Å². The van der Waals surface area contributed by atoms with Gasteiger partial charge in [-0.05, 0) is 31.6 Å². The summed E-state index contributed by atoms with van der Waals surface area (Å²) >= 11 is 0. The van der Waals surface area contributed by atoms with E-state index in [9.17, 15) is 8.42 Å². The van der Waals surface area contributed by atoms with Gasteiger partial charge in [0.05, 0.1) is 5.75 Å². The minimum Gasteiger partial charge on any atom is -0.355 e. The number of sulfone groups is 1. The molecule has 0 spiro atoms. The van der Waals surface area contributed by atoms with Gasteiger partial charge in [0.2, 0.25) is 0 Å². The third-order valence-electron chi connectivity index (χ3n) is 3.73. The molecular formula is C13H28IN3O2S. The van der Waals surface area contributed by atoms with Gasteiger partial charge in [-0.15, -0.1) is 24.0 Å². The average molecular weight is 417 g/mol. The minimum absolute atomic E-state index is 0. The van der Waals surface area contributed by atoms with E-state index in [2.05, 4.69) is 22.5 Å². The molecule has 7 heteroatoms. The standard InChI is InChI=1S/C13H27N3O2S.HI/c1-4-19(17,18)10-9-15-13(14-3)16-12-7-5-11(2)6-8-12;/h11-12H,4-10H2,1-3H3,(H2,14,15,16);1H. The summed E-state index contributed by atoms with van der Waals surface area (Å²) in [6, 6.07) is 0.463. The smallest absolute Gasteiger partial charge is 0.191 e. The SMILES string of the molecule is CCS(=O)(=O)CCNC(=NC)NC1CCC(C)CC1.I. The lowest BCUT2D eigenvalue weighted by atomic mass is 9.87. The number of aliphatic imine (C=N–C) groups is 1. The van der Waals surface area contributed by atoms with Crippen LogP contribution in [-0.4, -0.2) is 45.5 Å². The Morgan fingerprint density at radius 1 is 1.25 bits per heavy atom. The molecule has 0 aromatic carbocycles. The van der Waals surface area contributed by atoms with Crippen LogP contribution in [0.15, 0.2) is 4.99 Å². The first-order valence-electron chi connectivity index (χ1n) is 7.14. The van der Waals surface area contributed by atoms with Crippen LogP contribution in [0.2, 0.25) is 0 Å². The lowest BCUT2D eigenvalue weighted by molar-refractivity contribution is 0.329. The van der Waals surface area contributed by atoms with Gasteiger partial charge in [0.15, 0.2) is 15.8 Å². The molecule has 0 atom stereocenters. The van der Waals surface area contributed by atoms with E-state index in [1.807, 2.05) is 0 Å². The molecule has 0 saturated heterocycles. The second kappa shape index (κ2) is 9.81. The Kier molecular flexibility index (Phi) is 9.78. The van der Waals surface area contributed by atoms with Gasteiger partial charge in [-0.25, -0.2) is 8.42 Å². The van der Waals surface area contributed by atoms with Crippen molar-refractivity contribution in [2.45, 2.75) is 45.6 Å². The first kappa shape index (κ1) is 19.9. The molecule has 0 radical (unpaired) electrons. The summed E-state index contributed by atoms with van der Waals surface area (Å²) in [5, 5.41) is 6.45. The Hall–Kier alpha value is -0.0500. The number of rotatable bonds is 5. The maximum absolute atomic E-state index is 11.4. The van der Waals surface area contributed by atoms with E-state index in [1.54, 1.807) is 14.0 Å². The van der Waals surface area contributed by atoms with Crippen molar-refractivity contribution >= 4 is 39.8 Å². The molecule has 5 nitrogen and oxygen atoms in total. The predicted octanol–water partition coefficient (Wildman–Crippen LogP) is 1.78. The fourth-order valence-corrected chi connectivity index (χ4v) is 2.96. The lowest BCUT2D eigenvalue weighted by Crippen LogP contribution is -2.45. The fraction of sp³-hybridized carbons (Fsp3) is 0.923. The van der Waals surface area contributed by atoms with Crippen LogP contribution in [0.3, 0.4) is 0 Å². The molecule has 1 aliphatic rings. The summed E-state index contributed by atoms with van der Waals surface area (Å²) in [5.74, 6) is 1.89. The zero-order chi connectivity index (χ0) is 14.3. The van der Waals surface area contributed by atoms with Crippen LogP contribution >= 0.6 is 24.0 Å². The van der Waals surface area contributed by atoms with Crippen LogP contribution in [0.4, 0.5) is 0 Å². The molecule has 2 N–H and O–H groups in total. The van der Waals surface area contributed by atoms with Crippen LogP contribution in [0, 0.1) is 5.92 Å². The fourth-order valence-electron chi connectivity index (χ4n) is 2.26. The highest BCUT2D eigenvalue weighted by Crippen LogP contribution is 2.23. The molecule has 1 rings (SSSR count). The third-order valence-corrected chi connectivity index (χ3v) is 5.43. The number of hydrogen-bond acceptors (Lipinski definition) is 3. The number of guanidine groups is 1. The van der Waals surface area contributed by atoms with Gasteiger partial charge in [-0.1, -0.05) is 13.8 Å². The van der Waals surface area contributed by atoms with Gasteiger partial charge in [0.25, 0.3) is 0 Å². The number of nitrogens with zero attached hydrogens (tertiary/aromatic N) is 1. The zero-order valence-corrected chi connectivity index (χ0v) is 15.8. The highest BCUT2D eigenvalue weighted by molar-refractivity contribution is 14.0. The largest absolute Gasteiger partial charge is 0.355 e. The molecule has 0 aromatic heterocycles. The second-order valence-corrected chi connectivity index (χ2v) is 7.81. The summed E-state index contributed by atoms with van der Waals surface area (Å²) in [5.41, 5.74) is 0. The topological polar surface area (TPSA) is 70.6 Å². The maximum Gasteiger partial charge on any atom is 0.191 e. The van der Waals surface area contributed by atoms with Crippen molar-refractivity contribution in [1.82, 2.24) is 10.6 Å². The van der Waals surface area contributed by atoms with E-state index in [0.29, 0.717) is 18.5 Å². The Morgan fingerprint density at radius 3 is 2.35 bits per heavy atom. The monoisotopic (exact) mass is 417 g/mol. The number of halogens is 1. The van der Waals surface area contributed by atoms with Crippen LogP contribution in [0.1, 0.15) is 39.5 Å². The lowest BCUT2D eigenvalue weighted by Gasteiger charge is -2.28. The molecule has 1 fully saturated rings. The van der Waals surface area contributed by atoms with E-state index in [-0.39, 0.29) is 35.5 Å². The quantitative estimate of drug-likeness (QED) is 0.407. The van der Waals surface area contributed by atoms with Crippen molar-refractivity contribution in [3.63, 3.8) is 0 Å². The first-order valence-corrected chi connectivity index (χ1v) is 8.96. The molecule has 0 bridgehead atoms. The molecule has 120 valence electrons. The molecule has 0 heterocycles. The van der Waals surface area contributed by atoms with E-state index >= 15 is 0 Å². The average Bonchev–Trinajstić information content (AvgIpc) is 2.40. The first-order chi connectivity index (χ1) is 8.96. The predicted molar refractivity (Wildman–Crippen MR) is 95.7 cm³/mol. The van der Waals surface area contributed by atoms with Crippen molar-refractivity contribution in [2.24, 2.45) is 10.9 Å². The molecule has 0 aromatic rings. The van der Waals surface area contributed by atoms with Gasteiger partial charge < -0.3 is 10.6 Å². The summed E-state index contributed by atoms with van der Waals surface area (Å²) in [4.78, 5) is 4.15. The molecule has 0 aliphatic heterocycles. The maximum atomic E-state index is 11.4. The second-order valence-electron chi connectivity index (χ2n) is 5.34. The van der Waals surface area contributed by atoms with Crippen LogP contribution in [0.5, 0.6) is 0 Å². The summed E-state index contributed by atoms with van der Waals surface area (Å²) < 4.78 is 22.8. The normalized spacial score (nSPS) is 23.9. The van der Waals surface area contributed by atoms with Crippen LogP contribution < -0.4 is 10.6 Å². The van der Waals surface area contributed by atoms with E-state index in [4.69, 9.17) is 0 Å². The summed E-state index contributed by atoms with van der Waals surface area (Å²) in [6.45, 7) is 4.38. The van der Waals surface area contributed by atoms with Gasteiger partial charge in [0, 0.05) is 25.4 Å². The zero-order valence-electron chi connectivity index (χ0n) is 12.7. The Balaban J connectivity index is 0.00000361. The molecule has 0 unspecified atom stereocenters. The van der Waals surface area contributed by atoms with E-state index < -0.39 is 9.84 Å². The number of hydrogen-bond donors (Lipinski definition) is 2. The molecule has 20 heavy (non-hydrogen) atoms. The van der Waals surface area contributed by atoms with Crippen LogP contribution in [-0.2, 0) is 9.84 Å². The van der Waals surface area contributed by atoms with Gasteiger partial charge in [-0.2, -0.15) is 0 Å². The minimum atomic E-state index is -2.91. The van der Waals surface area contributed by atoms with Crippen molar-refractivity contribution in [3.05, 3.63) is 0 Å². The molecule has 1 saturated carbocycles. The summed E-state index contributed by atoms with van der Waals surface area (Å²) in [6.07, 6.45) is 4.82. The van der Waals surface area contributed by atoms with Gasteiger partial charge in [-0.3, -0.25) is 4.99 Å². The van der Waals surface area contributed by atoms with E-state index in [1.165, 1.54) is 12.8 Å². The molecule has 0 amide bonds. The summed E-state index contributed by atoms with van der Waals surface area (Å²) in [7, 11) is -1.19. The number of nitrogens with one attached hydrogen (secondary N) is 2.